The van der Waals surface area contributed by atoms with Crippen LogP contribution in [0.4, 0.5) is 0 Å². The van der Waals surface area contributed by atoms with Crippen molar-refractivity contribution >= 4 is 11.8 Å². The molecule has 0 aromatic carbocycles. The van der Waals surface area contributed by atoms with E-state index in [0.717, 1.165) is 55.6 Å². The van der Waals surface area contributed by atoms with Gasteiger partial charge in [0.1, 0.15) is 0 Å². The molecule has 102 valence electrons. The Morgan fingerprint density at radius 3 is 2.78 bits per heavy atom. The first-order chi connectivity index (χ1) is 8.80. The Bertz CT molecular complexity index is 355. The highest BCUT2D eigenvalue weighted by Crippen LogP contribution is 2.36. The third kappa shape index (κ3) is 3.06. The standard InChI is InChI=1S/C13H23N3OS/c1-3-5-13(6-8-14-9-7-13)12-15-11(16-17-12)10-18-4-2/h14H,3-10H2,1-2H3. The van der Waals surface area contributed by atoms with Gasteiger partial charge in [-0.05, 0) is 38.1 Å². The number of hydrogen-bond donors (Lipinski definition) is 1. The topological polar surface area (TPSA) is 51.0 Å². The lowest BCUT2D eigenvalue weighted by atomic mass is 9.75. The molecule has 0 atom stereocenters. The molecule has 1 aromatic heterocycles. The van der Waals surface area contributed by atoms with Gasteiger partial charge in [-0.25, -0.2) is 0 Å². The Labute approximate surface area is 113 Å². The van der Waals surface area contributed by atoms with Crippen molar-refractivity contribution in [1.29, 1.82) is 0 Å². The zero-order valence-corrected chi connectivity index (χ0v) is 12.2. The average Bonchev–Trinajstić information content (AvgIpc) is 2.87. The summed E-state index contributed by atoms with van der Waals surface area (Å²) in [6.07, 6.45) is 4.55. The van der Waals surface area contributed by atoms with Crippen molar-refractivity contribution in [2.24, 2.45) is 0 Å². The lowest BCUT2D eigenvalue weighted by Gasteiger charge is -2.34. The first-order valence-electron chi connectivity index (χ1n) is 6.92. The summed E-state index contributed by atoms with van der Waals surface area (Å²) in [6, 6.07) is 0. The second-order valence-corrected chi connectivity index (χ2v) is 6.21. The van der Waals surface area contributed by atoms with E-state index in [0.29, 0.717) is 0 Å². The van der Waals surface area contributed by atoms with Gasteiger partial charge in [0.15, 0.2) is 5.82 Å². The van der Waals surface area contributed by atoms with Gasteiger partial charge < -0.3 is 9.84 Å². The molecule has 1 aliphatic heterocycles. The molecule has 2 heterocycles. The molecule has 1 N–H and O–H groups in total. The minimum atomic E-state index is 0.127. The minimum Gasteiger partial charge on any atom is -0.339 e. The summed E-state index contributed by atoms with van der Waals surface area (Å²) in [4.78, 5) is 4.64. The van der Waals surface area contributed by atoms with Crippen LogP contribution in [0.25, 0.3) is 0 Å². The minimum absolute atomic E-state index is 0.127. The van der Waals surface area contributed by atoms with Crippen molar-refractivity contribution in [2.75, 3.05) is 18.8 Å². The maximum Gasteiger partial charge on any atom is 0.232 e. The van der Waals surface area contributed by atoms with E-state index >= 15 is 0 Å². The van der Waals surface area contributed by atoms with E-state index in [1.807, 2.05) is 11.8 Å². The fourth-order valence-corrected chi connectivity index (χ4v) is 3.18. The largest absolute Gasteiger partial charge is 0.339 e. The number of nitrogens with one attached hydrogen (secondary N) is 1. The van der Waals surface area contributed by atoms with Crippen molar-refractivity contribution < 1.29 is 4.52 Å². The van der Waals surface area contributed by atoms with Crippen LogP contribution in [0.5, 0.6) is 0 Å². The summed E-state index contributed by atoms with van der Waals surface area (Å²) in [6.45, 7) is 6.49. The Hall–Kier alpha value is -0.550. The number of aromatic nitrogens is 2. The summed E-state index contributed by atoms with van der Waals surface area (Å²) in [5.41, 5.74) is 0.127. The van der Waals surface area contributed by atoms with E-state index in [2.05, 4.69) is 29.3 Å². The first kappa shape index (κ1) is 13.9. The molecule has 1 aliphatic rings. The van der Waals surface area contributed by atoms with Crippen LogP contribution in [-0.2, 0) is 11.2 Å². The van der Waals surface area contributed by atoms with E-state index < -0.39 is 0 Å². The van der Waals surface area contributed by atoms with Crippen molar-refractivity contribution in [1.82, 2.24) is 15.5 Å². The summed E-state index contributed by atoms with van der Waals surface area (Å²) in [5, 5.41) is 7.54. The third-order valence-electron chi connectivity index (χ3n) is 3.65. The maximum atomic E-state index is 5.55. The SMILES string of the molecule is CCCC1(c2nc(CSCC)no2)CCNCC1. The highest BCUT2D eigenvalue weighted by Gasteiger charge is 2.38. The molecular weight excluding hydrogens is 246 g/mol. The van der Waals surface area contributed by atoms with Gasteiger partial charge in [-0.15, -0.1) is 0 Å². The summed E-state index contributed by atoms with van der Waals surface area (Å²) in [5.74, 6) is 3.68. The van der Waals surface area contributed by atoms with Crippen molar-refractivity contribution in [3.63, 3.8) is 0 Å². The smallest absolute Gasteiger partial charge is 0.232 e. The second-order valence-electron chi connectivity index (χ2n) is 4.93. The molecule has 4 nitrogen and oxygen atoms in total. The maximum absolute atomic E-state index is 5.55. The highest BCUT2D eigenvalue weighted by molar-refractivity contribution is 7.98. The molecule has 1 aromatic rings. The Morgan fingerprint density at radius 1 is 1.33 bits per heavy atom. The van der Waals surface area contributed by atoms with Gasteiger partial charge in [-0.1, -0.05) is 25.4 Å². The normalized spacial score (nSPS) is 19.0. The van der Waals surface area contributed by atoms with E-state index in [9.17, 15) is 0 Å². The zero-order chi connectivity index (χ0) is 12.8. The van der Waals surface area contributed by atoms with Crippen LogP contribution in [0.1, 0.15) is 51.2 Å². The summed E-state index contributed by atoms with van der Waals surface area (Å²) < 4.78 is 5.55. The summed E-state index contributed by atoms with van der Waals surface area (Å²) >= 11 is 1.84. The molecule has 0 spiro atoms. The molecule has 1 fully saturated rings. The van der Waals surface area contributed by atoms with Crippen LogP contribution in [0.15, 0.2) is 4.52 Å². The first-order valence-corrected chi connectivity index (χ1v) is 8.08. The molecule has 0 aliphatic carbocycles. The van der Waals surface area contributed by atoms with Crippen LogP contribution in [0, 0.1) is 0 Å². The summed E-state index contributed by atoms with van der Waals surface area (Å²) in [7, 11) is 0. The van der Waals surface area contributed by atoms with Crippen LogP contribution >= 0.6 is 11.8 Å². The van der Waals surface area contributed by atoms with E-state index in [1.54, 1.807) is 0 Å². The second kappa shape index (κ2) is 6.57. The van der Waals surface area contributed by atoms with Crippen LogP contribution in [0.2, 0.25) is 0 Å². The predicted octanol–water partition coefficient (Wildman–Crippen LogP) is 2.74. The van der Waals surface area contributed by atoms with Crippen molar-refractivity contribution in [3.05, 3.63) is 11.7 Å². The molecule has 0 unspecified atom stereocenters. The fraction of sp³-hybridized carbons (Fsp3) is 0.846. The van der Waals surface area contributed by atoms with Gasteiger partial charge in [-0.2, -0.15) is 16.7 Å². The predicted molar refractivity (Wildman–Crippen MR) is 74.8 cm³/mol. The lowest BCUT2D eigenvalue weighted by Crippen LogP contribution is -2.40. The van der Waals surface area contributed by atoms with Crippen LogP contribution < -0.4 is 5.32 Å². The van der Waals surface area contributed by atoms with Gasteiger partial charge in [0, 0.05) is 0 Å². The molecular formula is C13H23N3OS. The van der Waals surface area contributed by atoms with Crippen LogP contribution in [-0.4, -0.2) is 29.0 Å². The Balaban J connectivity index is 2.12. The molecule has 0 amide bonds. The van der Waals surface area contributed by atoms with Gasteiger partial charge in [0.05, 0.1) is 11.2 Å². The molecule has 2 rings (SSSR count). The third-order valence-corrected chi connectivity index (χ3v) is 4.52. The van der Waals surface area contributed by atoms with Crippen LogP contribution in [0.3, 0.4) is 0 Å². The van der Waals surface area contributed by atoms with Gasteiger partial charge in [0.25, 0.3) is 0 Å². The molecule has 0 radical (unpaired) electrons. The zero-order valence-electron chi connectivity index (χ0n) is 11.4. The number of thioether (sulfide) groups is 1. The number of rotatable bonds is 6. The quantitative estimate of drug-likeness (QED) is 0.860. The van der Waals surface area contributed by atoms with E-state index in [4.69, 9.17) is 4.52 Å². The molecule has 18 heavy (non-hydrogen) atoms. The molecule has 5 heteroatoms. The van der Waals surface area contributed by atoms with Gasteiger partial charge in [0.2, 0.25) is 5.89 Å². The lowest BCUT2D eigenvalue weighted by molar-refractivity contribution is 0.208. The van der Waals surface area contributed by atoms with E-state index in [-0.39, 0.29) is 5.41 Å². The fourth-order valence-electron chi connectivity index (χ4n) is 2.68. The average molecular weight is 269 g/mol. The monoisotopic (exact) mass is 269 g/mol. The Kier molecular flexibility index (Phi) is 5.06. The van der Waals surface area contributed by atoms with Gasteiger partial charge >= 0.3 is 0 Å². The van der Waals surface area contributed by atoms with Crippen molar-refractivity contribution in [3.8, 4) is 0 Å². The molecule has 1 saturated heterocycles. The number of piperidine rings is 1. The van der Waals surface area contributed by atoms with Crippen molar-refractivity contribution in [2.45, 2.75) is 50.7 Å². The number of nitrogens with zero attached hydrogens (tertiary/aromatic N) is 2. The highest BCUT2D eigenvalue weighted by atomic mass is 32.2. The van der Waals surface area contributed by atoms with Gasteiger partial charge in [-0.3, -0.25) is 0 Å². The molecule has 0 bridgehead atoms. The van der Waals surface area contributed by atoms with E-state index in [1.165, 1.54) is 6.42 Å². The Morgan fingerprint density at radius 2 is 2.11 bits per heavy atom. The number of hydrogen-bond acceptors (Lipinski definition) is 5. The molecule has 0 saturated carbocycles.